The van der Waals surface area contributed by atoms with Gasteiger partial charge >= 0.3 is 5.97 Å². The van der Waals surface area contributed by atoms with Gasteiger partial charge in [-0.3, -0.25) is 4.79 Å². The summed E-state index contributed by atoms with van der Waals surface area (Å²) < 4.78 is 0. The second-order valence-electron chi connectivity index (χ2n) is 4.14. The fourth-order valence-corrected chi connectivity index (χ4v) is 1.85. The van der Waals surface area contributed by atoms with Gasteiger partial charge in [0.1, 0.15) is 0 Å². The van der Waals surface area contributed by atoms with Crippen LogP contribution in [0.5, 0.6) is 0 Å². The third kappa shape index (κ3) is 2.28. The Morgan fingerprint density at radius 2 is 2.00 bits per heavy atom. The molecule has 1 heterocycles. The fraction of sp³-hybridized carbons (Fsp3) is 0.0769. The van der Waals surface area contributed by atoms with Crippen molar-refractivity contribution >= 4 is 17.7 Å². The molecule has 5 N–H and O–H groups in total. The lowest BCUT2D eigenvalue weighted by atomic mass is 10.0. The molecule has 0 bridgehead atoms. The van der Waals surface area contributed by atoms with Crippen molar-refractivity contribution in [1.82, 2.24) is 9.97 Å². The minimum Gasteiger partial charge on any atom is -0.478 e. The highest BCUT2D eigenvalue weighted by Gasteiger charge is 2.15. The average Bonchev–Trinajstić information content (AvgIpc) is 2.39. The van der Waals surface area contributed by atoms with Gasteiger partial charge in [0.15, 0.2) is 11.5 Å². The first-order valence-electron chi connectivity index (χ1n) is 5.67. The minimum atomic E-state index is -1.04. The number of anilines is 1. The van der Waals surface area contributed by atoms with Crippen LogP contribution in [0.15, 0.2) is 24.4 Å². The first-order chi connectivity index (χ1) is 9.41. The lowest BCUT2D eigenvalue weighted by Gasteiger charge is -2.09. The number of carbonyl (C=O) groups is 2. The minimum absolute atomic E-state index is 0.0618. The number of nitrogens with zero attached hydrogens (tertiary/aromatic N) is 2. The molecule has 0 aliphatic rings. The average molecular weight is 272 g/mol. The van der Waals surface area contributed by atoms with Crippen molar-refractivity contribution in [2.75, 3.05) is 5.73 Å². The van der Waals surface area contributed by atoms with Gasteiger partial charge in [-0.1, -0.05) is 12.1 Å². The van der Waals surface area contributed by atoms with E-state index in [0.717, 1.165) is 0 Å². The van der Waals surface area contributed by atoms with Gasteiger partial charge in [0.25, 0.3) is 5.91 Å². The molecule has 0 aliphatic carbocycles. The third-order valence-corrected chi connectivity index (χ3v) is 2.87. The lowest BCUT2D eigenvalue weighted by Crippen LogP contribution is -2.17. The molecular formula is C13H12N4O3. The predicted molar refractivity (Wildman–Crippen MR) is 72.1 cm³/mol. The maximum atomic E-state index is 11.2. The van der Waals surface area contributed by atoms with Crippen molar-refractivity contribution in [3.8, 4) is 11.3 Å². The molecule has 0 fully saturated rings. The van der Waals surface area contributed by atoms with E-state index < -0.39 is 11.9 Å². The molecule has 1 amide bonds. The van der Waals surface area contributed by atoms with Crippen molar-refractivity contribution in [3.05, 3.63) is 41.2 Å². The summed E-state index contributed by atoms with van der Waals surface area (Å²) in [5.74, 6) is -1.89. The summed E-state index contributed by atoms with van der Waals surface area (Å²) in [6, 6.07) is 4.77. The van der Waals surface area contributed by atoms with Crippen molar-refractivity contribution in [2.24, 2.45) is 5.73 Å². The molecule has 7 heteroatoms. The van der Waals surface area contributed by atoms with E-state index in [2.05, 4.69) is 9.97 Å². The molecule has 0 radical (unpaired) electrons. The van der Waals surface area contributed by atoms with Crippen LogP contribution in [0.3, 0.4) is 0 Å². The summed E-state index contributed by atoms with van der Waals surface area (Å²) in [5, 5.41) is 9.09. The number of carboxylic acid groups (broad SMARTS) is 1. The van der Waals surface area contributed by atoms with E-state index in [1.807, 2.05) is 0 Å². The van der Waals surface area contributed by atoms with Crippen LogP contribution in [-0.2, 0) is 0 Å². The zero-order valence-corrected chi connectivity index (χ0v) is 10.6. The maximum Gasteiger partial charge on any atom is 0.335 e. The molecule has 1 aromatic heterocycles. The normalized spacial score (nSPS) is 10.2. The summed E-state index contributed by atoms with van der Waals surface area (Å²) in [6.45, 7) is 1.65. The van der Waals surface area contributed by atoms with Crippen LogP contribution >= 0.6 is 0 Å². The number of benzene rings is 1. The van der Waals surface area contributed by atoms with Crippen LogP contribution in [0.1, 0.15) is 26.4 Å². The molecule has 0 spiro atoms. The highest BCUT2D eigenvalue weighted by atomic mass is 16.4. The molecule has 1 aromatic carbocycles. The monoisotopic (exact) mass is 272 g/mol. The topological polar surface area (TPSA) is 132 Å². The lowest BCUT2D eigenvalue weighted by molar-refractivity contribution is 0.0696. The van der Waals surface area contributed by atoms with E-state index in [-0.39, 0.29) is 17.1 Å². The molecule has 0 unspecified atom stereocenters. The molecule has 0 saturated heterocycles. The van der Waals surface area contributed by atoms with Crippen LogP contribution in [0.2, 0.25) is 0 Å². The molecule has 102 valence electrons. The Morgan fingerprint density at radius 3 is 2.60 bits per heavy atom. The molecule has 0 aliphatic heterocycles. The predicted octanol–water partition coefficient (Wildman–Crippen LogP) is 0.831. The highest BCUT2D eigenvalue weighted by molar-refractivity contribution is 5.96. The third-order valence-electron chi connectivity index (χ3n) is 2.87. The van der Waals surface area contributed by atoms with Gasteiger partial charge in [-0.25, -0.2) is 14.8 Å². The van der Waals surface area contributed by atoms with E-state index in [1.54, 1.807) is 19.1 Å². The molecule has 0 saturated carbocycles. The summed E-state index contributed by atoms with van der Waals surface area (Å²) in [5.41, 5.74) is 12.1. The van der Waals surface area contributed by atoms with Crippen LogP contribution in [-0.4, -0.2) is 27.0 Å². The van der Waals surface area contributed by atoms with Crippen molar-refractivity contribution in [2.45, 2.75) is 6.92 Å². The SMILES string of the molecule is Cc1c(C(=O)O)cccc1-c1cnc(N)c(C(N)=O)n1. The Labute approximate surface area is 114 Å². The van der Waals surface area contributed by atoms with E-state index >= 15 is 0 Å². The van der Waals surface area contributed by atoms with E-state index in [4.69, 9.17) is 16.6 Å². The van der Waals surface area contributed by atoms with Crippen molar-refractivity contribution in [1.29, 1.82) is 0 Å². The second kappa shape index (κ2) is 4.96. The Balaban J connectivity index is 2.63. The molecule has 0 atom stereocenters. The maximum absolute atomic E-state index is 11.2. The van der Waals surface area contributed by atoms with E-state index in [0.29, 0.717) is 16.8 Å². The number of hydrogen-bond acceptors (Lipinski definition) is 5. The van der Waals surface area contributed by atoms with Gasteiger partial charge in [-0.05, 0) is 18.6 Å². The van der Waals surface area contributed by atoms with Gasteiger partial charge in [0.2, 0.25) is 0 Å². The Morgan fingerprint density at radius 1 is 1.30 bits per heavy atom. The molecule has 20 heavy (non-hydrogen) atoms. The number of nitrogen functional groups attached to an aromatic ring is 1. The molecule has 2 rings (SSSR count). The molecule has 2 aromatic rings. The number of carbonyl (C=O) groups excluding carboxylic acids is 1. The number of nitrogens with two attached hydrogens (primary N) is 2. The van der Waals surface area contributed by atoms with E-state index in [9.17, 15) is 9.59 Å². The van der Waals surface area contributed by atoms with Crippen LogP contribution in [0.25, 0.3) is 11.3 Å². The number of aromatic carboxylic acids is 1. The summed E-state index contributed by atoms with van der Waals surface area (Å²) in [6.07, 6.45) is 1.37. The van der Waals surface area contributed by atoms with Crippen LogP contribution in [0.4, 0.5) is 5.82 Å². The quantitative estimate of drug-likeness (QED) is 0.758. The Bertz CT molecular complexity index is 713. The standard InChI is InChI=1S/C13H12N4O3/c1-6-7(3-2-4-8(6)13(19)20)9-5-16-11(14)10(17-9)12(15)18/h2-5H,1H3,(H2,14,16)(H2,15,18)(H,19,20). The van der Waals surface area contributed by atoms with Gasteiger partial charge in [0.05, 0.1) is 17.5 Å². The number of amides is 1. The number of aromatic nitrogens is 2. The van der Waals surface area contributed by atoms with Gasteiger partial charge in [-0.2, -0.15) is 0 Å². The summed E-state index contributed by atoms with van der Waals surface area (Å²) >= 11 is 0. The summed E-state index contributed by atoms with van der Waals surface area (Å²) in [7, 11) is 0. The first-order valence-corrected chi connectivity index (χ1v) is 5.67. The van der Waals surface area contributed by atoms with Crippen LogP contribution in [0, 0.1) is 6.92 Å². The number of carboxylic acids is 1. The zero-order chi connectivity index (χ0) is 14.9. The number of hydrogen-bond donors (Lipinski definition) is 3. The molecular weight excluding hydrogens is 260 g/mol. The fourth-order valence-electron chi connectivity index (χ4n) is 1.85. The van der Waals surface area contributed by atoms with Crippen molar-refractivity contribution in [3.63, 3.8) is 0 Å². The first kappa shape index (κ1) is 13.5. The smallest absolute Gasteiger partial charge is 0.335 e. The number of rotatable bonds is 3. The van der Waals surface area contributed by atoms with Gasteiger partial charge in [-0.15, -0.1) is 0 Å². The van der Waals surface area contributed by atoms with Crippen LogP contribution < -0.4 is 11.5 Å². The van der Waals surface area contributed by atoms with Crippen molar-refractivity contribution < 1.29 is 14.7 Å². The second-order valence-corrected chi connectivity index (χ2v) is 4.14. The summed E-state index contributed by atoms with van der Waals surface area (Å²) in [4.78, 5) is 30.2. The zero-order valence-electron chi connectivity index (χ0n) is 10.6. The van der Waals surface area contributed by atoms with Gasteiger partial charge in [0, 0.05) is 5.56 Å². The van der Waals surface area contributed by atoms with Gasteiger partial charge < -0.3 is 16.6 Å². The van der Waals surface area contributed by atoms with E-state index in [1.165, 1.54) is 12.3 Å². The highest BCUT2D eigenvalue weighted by Crippen LogP contribution is 2.24. The number of primary amides is 1. The molecule has 7 nitrogen and oxygen atoms in total. The largest absolute Gasteiger partial charge is 0.478 e. The Hall–Kier alpha value is -2.96. The Kier molecular flexibility index (Phi) is 3.34.